The fourth-order valence-corrected chi connectivity index (χ4v) is 4.96. The highest BCUT2D eigenvalue weighted by Crippen LogP contribution is 2.43. The van der Waals surface area contributed by atoms with Crippen molar-refractivity contribution >= 4 is 68.4 Å². The molecule has 1 aliphatic rings. The van der Waals surface area contributed by atoms with E-state index >= 15 is 0 Å². The van der Waals surface area contributed by atoms with E-state index in [1.54, 1.807) is 0 Å². The molecule has 0 N–H and O–H groups in total. The highest BCUT2D eigenvalue weighted by molar-refractivity contribution is 8.09. The van der Waals surface area contributed by atoms with E-state index in [1.165, 1.54) is 3.71 Å². The van der Waals surface area contributed by atoms with Crippen molar-refractivity contribution < 1.29 is 8.42 Å². The second kappa shape index (κ2) is 6.92. The van der Waals surface area contributed by atoms with Crippen LogP contribution in [0.3, 0.4) is 0 Å². The van der Waals surface area contributed by atoms with Crippen LogP contribution in [-0.2, 0) is 10.0 Å². The summed E-state index contributed by atoms with van der Waals surface area (Å²) in [5.74, 6) is 0. The van der Waals surface area contributed by atoms with E-state index in [0.717, 1.165) is 50.3 Å². The zero-order valence-electron chi connectivity index (χ0n) is 9.78. The lowest BCUT2D eigenvalue weighted by Gasteiger charge is -2.33. The maximum absolute atomic E-state index is 11.8. The third kappa shape index (κ3) is 5.43. The van der Waals surface area contributed by atoms with Crippen LogP contribution in [0, 0.1) is 0 Å². The van der Waals surface area contributed by atoms with Gasteiger partial charge in [0.2, 0.25) is 13.8 Å². The number of rotatable bonds is 4. The van der Waals surface area contributed by atoms with Crippen molar-refractivity contribution in [1.29, 1.82) is 0 Å². The SMILES string of the molecule is CS(=O)(=O)N(SC(Cl)C(Cl)(Cl)Cl)C1CCCCC1. The first-order valence-electron chi connectivity index (χ1n) is 5.49. The summed E-state index contributed by atoms with van der Waals surface area (Å²) in [5, 5.41) is 0. The van der Waals surface area contributed by atoms with Crippen molar-refractivity contribution in [2.75, 3.05) is 6.26 Å². The third-order valence-electron chi connectivity index (χ3n) is 2.65. The molecule has 1 saturated carbocycles. The second-order valence-corrected chi connectivity index (χ2v) is 10.5. The quantitative estimate of drug-likeness (QED) is 0.547. The molecule has 0 amide bonds. The molecule has 0 radical (unpaired) electrons. The Morgan fingerprint density at radius 1 is 1.22 bits per heavy atom. The summed E-state index contributed by atoms with van der Waals surface area (Å²) in [6.45, 7) is 0. The first-order chi connectivity index (χ1) is 8.12. The number of hydrogen-bond acceptors (Lipinski definition) is 3. The minimum absolute atomic E-state index is 0.0626. The maximum Gasteiger partial charge on any atom is 0.220 e. The zero-order chi connectivity index (χ0) is 14.0. The molecule has 0 aromatic heterocycles. The fraction of sp³-hybridized carbons (Fsp3) is 1.00. The van der Waals surface area contributed by atoms with Gasteiger partial charge in [0.15, 0.2) is 0 Å². The van der Waals surface area contributed by atoms with E-state index in [1.807, 2.05) is 0 Å². The summed E-state index contributed by atoms with van der Waals surface area (Å²) in [4.78, 5) is 0. The summed E-state index contributed by atoms with van der Waals surface area (Å²) in [7, 11) is -3.38. The lowest BCUT2D eigenvalue weighted by atomic mass is 9.96. The Morgan fingerprint density at radius 2 is 1.72 bits per heavy atom. The van der Waals surface area contributed by atoms with E-state index in [0.29, 0.717) is 0 Å². The highest BCUT2D eigenvalue weighted by Gasteiger charge is 2.38. The zero-order valence-corrected chi connectivity index (χ0v) is 14.4. The van der Waals surface area contributed by atoms with Crippen LogP contribution in [0.2, 0.25) is 0 Å². The number of alkyl halides is 4. The summed E-state index contributed by atoms with van der Waals surface area (Å²) < 4.78 is 22.3. The van der Waals surface area contributed by atoms with Gasteiger partial charge in [-0.1, -0.05) is 54.1 Å². The van der Waals surface area contributed by atoms with Crippen molar-refractivity contribution in [2.24, 2.45) is 0 Å². The second-order valence-electron chi connectivity index (χ2n) is 4.27. The molecule has 3 nitrogen and oxygen atoms in total. The van der Waals surface area contributed by atoms with E-state index in [-0.39, 0.29) is 6.04 Å². The van der Waals surface area contributed by atoms with Crippen LogP contribution >= 0.6 is 58.4 Å². The monoisotopic (exact) mass is 373 g/mol. The highest BCUT2D eigenvalue weighted by atomic mass is 35.6. The predicted molar refractivity (Wildman–Crippen MR) is 81.1 cm³/mol. The Labute approximate surface area is 133 Å². The summed E-state index contributed by atoms with van der Waals surface area (Å²) >= 11 is 23.8. The maximum atomic E-state index is 11.8. The molecule has 1 aliphatic carbocycles. The Morgan fingerprint density at radius 3 is 2.11 bits per heavy atom. The fourth-order valence-electron chi connectivity index (χ4n) is 1.88. The van der Waals surface area contributed by atoms with Crippen molar-refractivity contribution in [3.63, 3.8) is 0 Å². The largest absolute Gasteiger partial charge is 0.220 e. The van der Waals surface area contributed by atoms with Crippen LogP contribution in [0.25, 0.3) is 0 Å². The number of hydrogen-bond donors (Lipinski definition) is 0. The predicted octanol–water partition coefficient (Wildman–Crippen LogP) is 4.16. The minimum atomic E-state index is -3.38. The molecule has 0 saturated heterocycles. The van der Waals surface area contributed by atoms with Crippen molar-refractivity contribution in [3.05, 3.63) is 0 Å². The first-order valence-corrected chi connectivity index (χ1v) is 9.75. The molecule has 108 valence electrons. The van der Waals surface area contributed by atoms with Gasteiger partial charge in [-0.25, -0.2) is 8.42 Å². The van der Waals surface area contributed by atoms with Crippen LogP contribution in [-0.4, -0.2) is 32.9 Å². The number of nitrogens with zero attached hydrogens (tertiary/aromatic N) is 1. The van der Waals surface area contributed by atoms with E-state index in [2.05, 4.69) is 0 Å². The van der Waals surface area contributed by atoms with Crippen LogP contribution in [0.5, 0.6) is 0 Å². The van der Waals surface area contributed by atoms with Gasteiger partial charge in [-0.05, 0) is 24.8 Å². The van der Waals surface area contributed by atoms with Crippen LogP contribution in [0.1, 0.15) is 32.1 Å². The van der Waals surface area contributed by atoms with Crippen LogP contribution in [0.4, 0.5) is 0 Å². The number of halogens is 4. The molecule has 1 fully saturated rings. The Bertz CT molecular complexity index is 365. The molecular weight excluding hydrogens is 360 g/mol. The molecule has 0 heterocycles. The van der Waals surface area contributed by atoms with Gasteiger partial charge in [-0.2, -0.15) is 0 Å². The smallest absolute Gasteiger partial charge is 0.212 e. The molecular formula is C9H15Cl4NO2S2. The van der Waals surface area contributed by atoms with Crippen LogP contribution in [0.15, 0.2) is 0 Å². The molecule has 0 aromatic rings. The van der Waals surface area contributed by atoms with Gasteiger partial charge in [-0.3, -0.25) is 0 Å². The van der Waals surface area contributed by atoms with E-state index < -0.39 is 18.5 Å². The lowest BCUT2D eigenvalue weighted by Crippen LogP contribution is -2.38. The molecule has 0 aromatic carbocycles. The Hall–Kier alpha value is 1.42. The molecule has 0 aliphatic heterocycles. The molecule has 9 heteroatoms. The summed E-state index contributed by atoms with van der Waals surface area (Å²) in [6.07, 6.45) is 5.95. The molecule has 0 bridgehead atoms. The lowest BCUT2D eigenvalue weighted by molar-refractivity contribution is 0.346. The minimum Gasteiger partial charge on any atom is -0.212 e. The Kier molecular flexibility index (Phi) is 6.72. The van der Waals surface area contributed by atoms with Crippen LogP contribution < -0.4 is 0 Å². The van der Waals surface area contributed by atoms with Gasteiger partial charge >= 0.3 is 0 Å². The third-order valence-corrected chi connectivity index (χ3v) is 7.66. The van der Waals surface area contributed by atoms with Crippen molar-refractivity contribution in [2.45, 2.75) is 46.6 Å². The van der Waals surface area contributed by atoms with Gasteiger partial charge in [0.1, 0.15) is 4.71 Å². The molecule has 18 heavy (non-hydrogen) atoms. The average molecular weight is 375 g/mol. The van der Waals surface area contributed by atoms with Gasteiger partial charge in [0.05, 0.1) is 6.26 Å². The standard InChI is InChI=1S/C9H15Cl4NO2S2/c1-18(15,16)14(7-5-3-2-4-6-7)17-8(10)9(11,12)13/h7-8H,2-6H2,1H3. The molecule has 1 unspecified atom stereocenters. The normalized spacial score (nSPS) is 21.2. The number of sulfonamides is 1. The van der Waals surface area contributed by atoms with E-state index in [9.17, 15) is 8.42 Å². The van der Waals surface area contributed by atoms with Gasteiger partial charge in [0.25, 0.3) is 0 Å². The average Bonchev–Trinajstić information content (AvgIpc) is 2.23. The molecule has 1 atom stereocenters. The summed E-state index contributed by atoms with van der Waals surface area (Å²) in [6, 6.07) is -0.0626. The molecule has 0 spiro atoms. The van der Waals surface area contributed by atoms with Gasteiger partial charge in [0, 0.05) is 6.04 Å². The topological polar surface area (TPSA) is 37.4 Å². The molecule has 1 rings (SSSR count). The van der Waals surface area contributed by atoms with Gasteiger partial charge in [-0.15, -0.1) is 15.3 Å². The van der Waals surface area contributed by atoms with Crippen molar-refractivity contribution in [1.82, 2.24) is 3.71 Å². The van der Waals surface area contributed by atoms with E-state index in [4.69, 9.17) is 46.4 Å². The first kappa shape index (κ1) is 17.5. The van der Waals surface area contributed by atoms with Crippen molar-refractivity contribution in [3.8, 4) is 0 Å². The van der Waals surface area contributed by atoms with Gasteiger partial charge < -0.3 is 0 Å². The summed E-state index contributed by atoms with van der Waals surface area (Å²) in [5.41, 5.74) is 0. The Balaban J connectivity index is 2.79.